The highest BCUT2D eigenvalue weighted by Crippen LogP contribution is 2.20. The first-order valence-electron chi connectivity index (χ1n) is 7.32. The zero-order valence-electron chi connectivity index (χ0n) is 12.4. The number of anilines is 1. The number of hydrogen-bond acceptors (Lipinski definition) is 5. The van der Waals surface area contributed by atoms with Crippen molar-refractivity contribution in [1.82, 2.24) is 14.7 Å². The third kappa shape index (κ3) is 3.50. The van der Waals surface area contributed by atoms with E-state index >= 15 is 0 Å². The predicted octanol–water partition coefficient (Wildman–Crippen LogP) is 0.147. The molecule has 2 heterocycles. The second-order valence-electron chi connectivity index (χ2n) is 5.85. The minimum Gasteiger partial charge on any atom is -0.396 e. The average Bonchev–Trinajstić information content (AvgIpc) is 2.92. The molecule has 114 valence electrons. The van der Waals surface area contributed by atoms with Crippen LogP contribution in [0.3, 0.4) is 0 Å². The molecule has 1 aliphatic heterocycles. The van der Waals surface area contributed by atoms with E-state index in [-0.39, 0.29) is 6.61 Å². The fourth-order valence-electron chi connectivity index (χ4n) is 2.94. The molecule has 1 aromatic heterocycles. The number of aryl methyl sites for hydroxylation is 1. The van der Waals surface area contributed by atoms with Gasteiger partial charge < -0.3 is 20.8 Å². The molecule has 0 bridgehead atoms. The first kappa shape index (κ1) is 15.3. The van der Waals surface area contributed by atoms with Crippen molar-refractivity contribution < 1.29 is 10.2 Å². The van der Waals surface area contributed by atoms with E-state index in [0.29, 0.717) is 24.7 Å². The quantitative estimate of drug-likeness (QED) is 0.691. The molecular formula is C14H26N4O2. The summed E-state index contributed by atoms with van der Waals surface area (Å²) in [5.41, 5.74) is 8.34. The Morgan fingerprint density at radius 3 is 2.75 bits per heavy atom. The van der Waals surface area contributed by atoms with E-state index < -0.39 is 6.10 Å². The predicted molar refractivity (Wildman–Crippen MR) is 78.4 cm³/mol. The second-order valence-corrected chi connectivity index (χ2v) is 5.85. The van der Waals surface area contributed by atoms with Crippen molar-refractivity contribution in [3.63, 3.8) is 0 Å². The Morgan fingerprint density at radius 1 is 1.40 bits per heavy atom. The molecule has 0 radical (unpaired) electrons. The van der Waals surface area contributed by atoms with Crippen LogP contribution in [-0.2, 0) is 6.54 Å². The summed E-state index contributed by atoms with van der Waals surface area (Å²) in [5.74, 6) is 0.566. The van der Waals surface area contributed by atoms with Crippen LogP contribution in [0.2, 0.25) is 0 Å². The van der Waals surface area contributed by atoms with Gasteiger partial charge in [0.1, 0.15) is 0 Å². The van der Waals surface area contributed by atoms with Gasteiger partial charge in [-0.25, -0.2) is 0 Å². The lowest BCUT2D eigenvalue weighted by Gasteiger charge is -2.20. The monoisotopic (exact) mass is 282 g/mol. The Bertz CT molecular complexity index is 447. The van der Waals surface area contributed by atoms with Gasteiger partial charge in [0, 0.05) is 19.7 Å². The number of aromatic nitrogens is 2. The van der Waals surface area contributed by atoms with Crippen molar-refractivity contribution in [3.05, 3.63) is 11.4 Å². The fraction of sp³-hybridized carbons (Fsp3) is 0.786. The van der Waals surface area contributed by atoms with Crippen LogP contribution in [0.4, 0.5) is 5.69 Å². The molecule has 4 N–H and O–H groups in total. The molecule has 0 aliphatic carbocycles. The first-order valence-corrected chi connectivity index (χ1v) is 7.32. The summed E-state index contributed by atoms with van der Waals surface area (Å²) in [6, 6.07) is 0. The number of hydrogen-bond donors (Lipinski definition) is 3. The van der Waals surface area contributed by atoms with E-state index in [1.807, 2.05) is 13.8 Å². The maximum absolute atomic E-state index is 10.2. The summed E-state index contributed by atoms with van der Waals surface area (Å²) in [6.07, 6.45) is 1.53. The van der Waals surface area contributed by atoms with Crippen LogP contribution in [-0.4, -0.2) is 57.2 Å². The maximum Gasteiger partial charge on any atom is 0.0862 e. The molecule has 20 heavy (non-hydrogen) atoms. The van der Waals surface area contributed by atoms with E-state index in [9.17, 15) is 5.11 Å². The molecular weight excluding hydrogens is 256 g/mol. The Labute approximate surface area is 120 Å². The smallest absolute Gasteiger partial charge is 0.0862 e. The minimum atomic E-state index is -0.444. The lowest BCUT2D eigenvalue weighted by atomic mass is 10.1. The van der Waals surface area contributed by atoms with E-state index in [4.69, 9.17) is 10.8 Å². The molecule has 1 saturated heterocycles. The molecule has 1 fully saturated rings. The number of β-amino-alcohol motifs (C(OH)–C–C–N with tert-alkyl or cyclic N) is 1. The SMILES string of the molecule is Cc1nn(CC(O)CN2CCC(CCO)C2)c(C)c1N. The minimum absolute atomic E-state index is 0.256. The van der Waals surface area contributed by atoms with Crippen LogP contribution < -0.4 is 5.73 Å². The summed E-state index contributed by atoms with van der Waals surface area (Å²) in [7, 11) is 0. The molecule has 0 amide bonds. The van der Waals surface area contributed by atoms with E-state index in [0.717, 1.165) is 37.3 Å². The largest absolute Gasteiger partial charge is 0.396 e. The third-order valence-electron chi connectivity index (χ3n) is 4.20. The van der Waals surface area contributed by atoms with Gasteiger partial charge in [-0.15, -0.1) is 0 Å². The normalized spacial score (nSPS) is 21.5. The summed E-state index contributed by atoms with van der Waals surface area (Å²) in [5, 5.41) is 23.5. The number of likely N-dealkylation sites (tertiary alicyclic amines) is 1. The highest BCUT2D eigenvalue weighted by Gasteiger charge is 2.24. The van der Waals surface area contributed by atoms with Gasteiger partial charge in [0.05, 0.1) is 29.7 Å². The molecule has 1 aromatic rings. The molecule has 6 nitrogen and oxygen atoms in total. The van der Waals surface area contributed by atoms with E-state index in [1.165, 1.54) is 0 Å². The van der Waals surface area contributed by atoms with Crippen molar-refractivity contribution >= 4 is 5.69 Å². The Morgan fingerprint density at radius 2 is 2.15 bits per heavy atom. The first-order chi connectivity index (χ1) is 9.51. The molecule has 0 saturated carbocycles. The van der Waals surface area contributed by atoms with Crippen molar-refractivity contribution in [1.29, 1.82) is 0 Å². The van der Waals surface area contributed by atoms with Gasteiger partial charge in [0.2, 0.25) is 0 Å². The van der Waals surface area contributed by atoms with Crippen molar-refractivity contribution in [2.24, 2.45) is 5.92 Å². The molecule has 0 spiro atoms. The number of rotatable bonds is 6. The van der Waals surface area contributed by atoms with Gasteiger partial charge in [0.25, 0.3) is 0 Å². The molecule has 2 atom stereocenters. The Kier molecular flexibility index (Phi) is 5.01. The Balaban J connectivity index is 1.84. The van der Waals surface area contributed by atoms with Gasteiger partial charge >= 0.3 is 0 Å². The number of nitrogens with two attached hydrogens (primary N) is 1. The fourth-order valence-corrected chi connectivity index (χ4v) is 2.94. The highest BCUT2D eigenvalue weighted by atomic mass is 16.3. The van der Waals surface area contributed by atoms with Crippen LogP contribution in [0.15, 0.2) is 0 Å². The van der Waals surface area contributed by atoms with E-state index in [1.54, 1.807) is 4.68 Å². The molecule has 2 unspecified atom stereocenters. The topological polar surface area (TPSA) is 87.5 Å². The van der Waals surface area contributed by atoms with Gasteiger partial charge in [-0.3, -0.25) is 4.68 Å². The summed E-state index contributed by atoms with van der Waals surface area (Å²) in [4.78, 5) is 2.26. The second kappa shape index (κ2) is 6.56. The zero-order chi connectivity index (χ0) is 14.7. The molecule has 1 aliphatic rings. The number of aliphatic hydroxyl groups is 2. The van der Waals surface area contributed by atoms with Crippen LogP contribution in [0.5, 0.6) is 0 Å². The number of aliphatic hydroxyl groups excluding tert-OH is 2. The van der Waals surface area contributed by atoms with Crippen LogP contribution >= 0.6 is 0 Å². The Hall–Kier alpha value is -1.11. The number of nitrogen functional groups attached to an aromatic ring is 1. The lowest BCUT2D eigenvalue weighted by molar-refractivity contribution is 0.103. The standard InChI is InChI=1S/C14H26N4O2/c1-10-14(15)11(2)18(16-10)9-13(20)8-17-5-3-12(7-17)4-6-19/h12-13,19-20H,3-9,15H2,1-2H3. The molecule has 0 aromatic carbocycles. The molecule has 6 heteroatoms. The maximum atomic E-state index is 10.2. The van der Waals surface area contributed by atoms with Crippen LogP contribution in [0.1, 0.15) is 24.2 Å². The molecule has 2 rings (SSSR count). The van der Waals surface area contributed by atoms with Crippen molar-refractivity contribution in [3.8, 4) is 0 Å². The number of nitrogens with zero attached hydrogens (tertiary/aromatic N) is 3. The van der Waals surface area contributed by atoms with Crippen LogP contribution in [0, 0.1) is 19.8 Å². The van der Waals surface area contributed by atoms with Gasteiger partial charge in [-0.1, -0.05) is 0 Å². The lowest BCUT2D eigenvalue weighted by Crippen LogP contribution is -2.33. The summed E-state index contributed by atoms with van der Waals surface area (Å²) >= 11 is 0. The summed E-state index contributed by atoms with van der Waals surface area (Å²) < 4.78 is 1.79. The van der Waals surface area contributed by atoms with Crippen molar-refractivity contribution in [2.75, 3.05) is 32.0 Å². The van der Waals surface area contributed by atoms with Crippen molar-refractivity contribution in [2.45, 2.75) is 39.3 Å². The highest BCUT2D eigenvalue weighted by molar-refractivity contribution is 5.46. The zero-order valence-corrected chi connectivity index (χ0v) is 12.4. The van der Waals surface area contributed by atoms with Crippen LogP contribution in [0.25, 0.3) is 0 Å². The third-order valence-corrected chi connectivity index (χ3v) is 4.20. The van der Waals surface area contributed by atoms with E-state index in [2.05, 4.69) is 10.00 Å². The van der Waals surface area contributed by atoms with Gasteiger partial charge in [-0.05, 0) is 39.2 Å². The summed E-state index contributed by atoms with van der Waals surface area (Å²) in [6.45, 7) is 7.16. The van der Waals surface area contributed by atoms with Gasteiger partial charge in [0.15, 0.2) is 0 Å². The average molecular weight is 282 g/mol. The van der Waals surface area contributed by atoms with Gasteiger partial charge in [-0.2, -0.15) is 5.10 Å².